The monoisotopic (exact) mass is 208 g/mol. The second-order valence-corrected chi connectivity index (χ2v) is 7.77. The van der Waals surface area contributed by atoms with Crippen molar-refractivity contribution in [1.29, 1.82) is 0 Å². The molecule has 88 valence electrons. The predicted octanol–water partition coefficient (Wildman–Crippen LogP) is 4.20. The van der Waals surface area contributed by atoms with E-state index in [2.05, 4.69) is 42.5 Å². The van der Waals surface area contributed by atoms with Gasteiger partial charge in [-0.25, -0.2) is 0 Å². The van der Waals surface area contributed by atoms with Gasteiger partial charge in [0.1, 0.15) is 7.85 Å². The zero-order valence-corrected chi connectivity index (χ0v) is 11.7. The van der Waals surface area contributed by atoms with Gasteiger partial charge in [0.2, 0.25) is 0 Å². The highest BCUT2D eigenvalue weighted by Crippen LogP contribution is 2.59. The molecule has 0 aromatic heterocycles. The summed E-state index contributed by atoms with van der Waals surface area (Å²) in [6, 6.07) is 0. The van der Waals surface area contributed by atoms with Crippen LogP contribution in [-0.2, 0) is 0 Å². The summed E-state index contributed by atoms with van der Waals surface area (Å²) in [4.78, 5) is 0. The van der Waals surface area contributed by atoms with Crippen molar-refractivity contribution < 1.29 is 0 Å². The smallest absolute Gasteiger partial charge is 0.0669 e. The molecule has 15 heavy (non-hydrogen) atoms. The van der Waals surface area contributed by atoms with Crippen LogP contribution in [0.25, 0.3) is 0 Å². The molecule has 0 amide bonds. The summed E-state index contributed by atoms with van der Waals surface area (Å²) in [6.07, 6.45) is 8.41. The van der Waals surface area contributed by atoms with E-state index in [-0.39, 0.29) is 0 Å². The van der Waals surface area contributed by atoms with Crippen LogP contribution in [0.4, 0.5) is 0 Å². The maximum absolute atomic E-state index is 2.49. The molecule has 1 saturated carbocycles. The van der Waals surface area contributed by atoms with Crippen molar-refractivity contribution in [3.8, 4) is 0 Å². The maximum atomic E-state index is 2.49. The summed E-state index contributed by atoms with van der Waals surface area (Å²) in [5, 5.41) is 0.557. The van der Waals surface area contributed by atoms with Crippen LogP contribution in [-0.4, -0.2) is 7.85 Å². The first kappa shape index (κ1) is 13.1. The third kappa shape index (κ3) is 3.85. The molecule has 1 aliphatic rings. The minimum Gasteiger partial charge on any atom is -0.0669 e. The molecule has 0 nitrogen and oxygen atoms in total. The van der Waals surface area contributed by atoms with E-state index in [1.807, 2.05) is 0 Å². The zero-order chi connectivity index (χ0) is 11.7. The quantitative estimate of drug-likeness (QED) is 0.594. The van der Waals surface area contributed by atoms with Crippen molar-refractivity contribution >= 4 is 7.85 Å². The first-order chi connectivity index (χ1) is 6.68. The topological polar surface area (TPSA) is 0 Å². The average molecular weight is 208 g/mol. The first-order valence-corrected chi connectivity index (χ1v) is 6.68. The Morgan fingerprint density at radius 1 is 1.20 bits per heavy atom. The van der Waals surface area contributed by atoms with Crippen molar-refractivity contribution in [2.75, 3.05) is 0 Å². The van der Waals surface area contributed by atoms with E-state index >= 15 is 0 Å². The largest absolute Gasteiger partial charge is 0.109 e. The molecule has 0 N–H and O–H groups in total. The molecule has 0 heterocycles. The van der Waals surface area contributed by atoms with Gasteiger partial charge in [-0.2, -0.15) is 0 Å². The molecule has 1 atom stereocenters. The molecular weight excluding hydrogens is 179 g/mol. The Balaban J connectivity index is 2.41. The predicted molar refractivity (Wildman–Crippen MR) is 72.2 cm³/mol. The van der Waals surface area contributed by atoms with Gasteiger partial charge in [0.05, 0.1) is 0 Å². The van der Waals surface area contributed by atoms with Crippen molar-refractivity contribution in [3.63, 3.8) is 0 Å². The van der Waals surface area contributed by atoms with Crippen LogP contribution >= 0.6 is 0 Å². The standard InChI is InChI=1S/C14H29B/c1-6-7-8-14(5,15)11-13(4)9-12(2,3)10-13/h6-11,15H2,1-5H3. The molecule has 0 radical (unpaired) electrons. The summed E-state index contributed by atoms with van der Waals surface area (Å²) in [5.41, 5.74) is 1.26. The highest BCUT2D eigenvalue weighted by molar-refractivity contribution is 6.14. The van der Waals surface area contributed by atoms with Gasteiger partial charge in [-0.15, -0.1) is 0 Å². The normalized spacial score (nSPS) is 26.7. The molecule has 0 aliphatic heterocycles. The van der Waals surface area contributed by atoms with Gasteiger partial charge in [0.25, 0.3) is 0 Å². The summed E-state index contributed by atoms with van der Waals surface area (Å²) >= 11 is 0. The average Bonchev–Trinajstić information content (AvgIpc) is 1.95. The third-order valence-corrected chi connectivity index (χ3v) is 3.92. The van der Waals surface area contributed by atoms with Gasteiger partial charge >= 0.3 is 0 Å². The molecule has 1 unspecified atom stereocenters. The Hall–Kier alpha value is 0.0649. The van der Waals surface area contributed by atoms with Crippen LogP contribution in [0.2, 0.25) is 5.31 Å². The molecule has 0 aromatic carbocycles. The Bertz CT molecular complexity index is 207. The maximum Gasteiger partial charge on any atom is 0.109 e. The van der Waals surface area contributed by atoms with Gasteiger partial charge in [-0.3, -0.25) is 0 Å². The van der Waals surface area contributed by atoms with Crippen molar-refractivity contribution in [3.05, 3.63) is 0 Å². The Morgan fingerprint density at radius 3 is 2.13 bits per heavy atom. The van der Waals surface area contributed by atoms with E-state index in [0.717, 1.165) is 0 Å². The van der Waals surface area contributed by atoms with E-state index < -0.39 is 0 Å². The highest BCUT2D eigenvalue weighted by Gasteiger charge is 2.47. The number of hydrogen-bond acceptors (Lipinski definition) is 0. The fraction of sp³-hybridized carbons (Fsp3) is 1.00. The Kier molecular flexibility index (Phi) is 3.63. The molecule has 1 heteroatoms. The lowest BCUT2D eigenvalue weighted by molar-refractivity contribution is -0.0134. The van der Waals surface area contributed by atoms with Gasteiger partial charge in [-0.05, 0) is 30.1 Å². The SMILES string of the molecule is BC(C)(CCCC)CC1(C)CC(C)(C)C1. The molecule has 0 aromatic rings. The highest BCUT2D eigenvalue weighted by atomic mass is 14.5. The van der Waals surface area contributed by atoms with E-state index in [9.17, 15) is 0 Å². The molecule has 1 rings (SSSR count). The fourth-order valence-corrected chi connectivity index (χ4v) is 4.28. The lowest BCUT2D eigenvalue weighted by Crippen LogP contribution is -2.42. The van der Waals surface area contributed by atoms with E-state index in [0.29, 0.717) is 16.1 Å². The van der Waals surface area contributed by atoms with Gasteiger partial charge in [0.15, 0.2) is 0 Å². The third-order valence-electron chi connectivity index (χ3n) is 3.92. The van der Waals surface area contributed by atoms with Crippen LogP contribution in [0.5, 0.6) is 0 Å². The van der Waals surface area contributed by atoms with Crippen LogP contribution in [0.15, 0.2) is 0 Å². The number of unbranched alkanes of at least 4 members (excludes halogenated alkanes) is 1. The molecule has 1 fully saturated rings. The van der Waals surface area contributed by atoms with E-state index in [1.165, 1.54) is 38.5 Å². The Labute approximate surface area is 97.6 Å². The Morgan fingerprint density at radius 2 is 1.73 bits per heavy atom. The molecule has 0 saturated heterocycles. The second-order valence-electron chi connectivity index (χ2n) is 7.77. The van der Waals surface area contributed by atoms with E-state index in [4.69, 9.17) is 0 Å². The first-order valence-electron chi connectivity index (χ1n) is 6.68. The number of rotatable bonds is 5. The van der Waals surface area contributed by atoms with Crippen molar-refractivity contribution in [1.82, 2.24) is 0 Å². The lowest BCUT2D eigenvalue weighted by Gasteiger charge is -2.54. The fourth-order valence-electron chi connectivity index (χ4n) is 4.28. The summed E-state index contributed by atoms with van der Waals surface area (Å²) in [5.74, 6) is 0. The second kappa shape index (κ2) is 4.15. The van der Waals surface area contributed by atoms with Crippen LogP contribution in [0.1, 0.15) is 73.1 Å². The van der Waals surface area contributed by atoms with Crippen LogP contribution < -0.4 is 0 Å². The lowest BCUT2D eigenvalue weighted by atomic mass is 9.48. The van der Waals surface area contributed by atoms with Crippen LogP contribution in [0.3, 0.4) is 0 Å². The minimum atomic E-state index is 0.557. The van der Waals surface area contributed by atoms with Crippen molar-refractivity contribution in [2.24, 2.45) is 10.8 Å². The minimum absolute atomic E-state index is 0.557. The van der Waals surface area contributed by atoms with Gasteiger partial charge in [0, 0.05) is 0 Å². The van der Waals surface area contributed by atoms with Gasteiger partial charge in [-0.1, -0.05) is 59.2 Å². The summed E-state index contributed by atoms with van der Waals surface area (Å²) in [7, 11) is 2.46. The summed E-state index contributed by atoms with van der Waals surface area (Å²) < 4.78 is 0. The molecule has 1 aliphatic carbocycles. The van der Waals surface area contributed by atoms with E-state index in [1.54, 1.807) is 0 Å². The zero-order valence-electron chi connectivity index (χ0n) is 11.7. The molecule has 0 bridgehead atoms. The molecule has 0 spiro atoms. The number of hydrogen-bond donors (Lipinski definition) is 0. The van der Waals surface area contributed by atoms with Crippen molar-refractivity contribution in [2.45, 2.75) is 78.5 Å². The van der Waals surface area contributed by atoms with Crippen LogP contribution in [0, 0.1) is 10.8 Å². The summed E-state index contributed by atoms with van der Waals surface area (Å²) in [6.45, 7) is 12.1. The van der Waals surface area contributed by atoms with Gasteiger partial charge < -0.3 is 0 Å². The molecular formula is C14H29B.